The molecule has 0 spiro atoms. The number of halogens is 1. The van der Waals surface area contributed by atoms with Crippen molar-refractivity contribution in [3.05, 3.63) is 93.8 Å². The van der Waals surface area contributed by atoms with Gasteiger partial charge in [0.1, 0.15) is 23.9 Å². The molecule has 3 rings (SSSR count). The summed E-state index contributed by atoms with van der Waals surface area (Å²) in [4.78, 5) is 13.6. The number of rotatable bonds is 11. The SMILES string of the molecule is CCCc1ccc(OCc2cc(OC)ccc2F)cc1C(=O)NC(CC(C)C)c1cc(C)cc(C)c1. The van der Waals surface area contributed by atoms with E-state index < -0.39 is 0 Å². The van der Waals surface area contributed by atoms with Gasteiger partial charge in [0.05, 0.1) is 13.2 Å². The minimum absolute atomic E-state index is 0.0375. The maximum Gasteiger partial charge on any atom is 0.252 e. The molecule has 0 heterocycles. The lowest BCUT2D eigenvalue weighted by Crippen LogP contribution is -2.30. The fourth-order valence-corrected chi connectivity index (χ4v) is 4.49. The molecular formula is C31H38FNO3. The summed E-state index contributed by atoms with van der Waals surface area (Å²) in [7, 11) is 1.54. The van der Waals surface area contributed by atoms with Crippen LogP contribution in [0.25, 0.3) is 0 Å². The smallest absolute Gasteiger partial charge is 0.252 e. The molecule has 1 unspecified atom stereocenters. The highest BCUT2D eigenvalue weighted by Crippen LogP contribution is 2.27. The number of methoxy groups -OCH3 is 1. The van der Waals surface area contributed by atoms with E-state index in [-0.39, 0.29) is 24.4 Å². The zero-order valence-corrected chi connectivity index (χ0v) is 22.3. The number of carbonyl (C=O) groups is 1. The van der Waals surface area contributed by atoms with Crippen molar-refractivity contribution in [2.24, 2.45) is 5.92 Å². The molecule has 0 aliphatic rings. The van der Waals surface area contributed by atoms with Crippen molar-refractivity contribution in [1.82, 2.24) is 5.32 Å². The summed E-state index contributed by atoms with van der Waals surface area (Å²) in [6, 6.07) is 16.4. The van der Waals surface area contributed by atoms with Gasteiger partial charge >= 0.3 is 0 Å². The first-order valence-corrected chi connectivity index (χ1v) is 12.7. The predicted molar refractivity (Wildman–Crippen MR) is 143 cm³/mol. The van der Waals surface area contributed by atoms with Crippen LogP contribution in [0.3, 0.4) is 0 Å². The molecule has 4 nitrogen and oxygen atoms in total. The fraction of sp³-hybridized carbons (Fsp3) is 0.387. The Labute approximate surface area is 214 Å². The topological polar surface area (TPSA) is 47.6 Å². The van der Waals surface area contributed by atoms with E-state index in [0.29, 0.717) is 28.5 Å². The lowest BCUT2D eigenvalue weighted by Gasteiger charge is -2.23. The van der Waals surface area contributed by atoms with Crippen molar-refractivity contribution in [3.8, 4) is 11.5 Å². The Balaban J connectivity index is 1.86. The Morgan fingerprint density at radius 1 is 0.944 bits per heavy atom. The van der Waals surface area contributed by atoms with Crippen LogP contribution in [0, 0.1) is 25.6 Å². The predicted octanol–water partition coefficient (Wildman–Crippen LogP) is 7.50. The first kappa shape index (κ1) is 27.3. The Bertz CT molecular complexity index is 1170. The first-order valence-electron chi connectivity index (χ1n) is 12.7. The van der Waals surface area contributed by atoms with Crippen LogP contribution in [0.5, 0.6) is 11.5 Å². The summed E-state index contributed by atoms with van der Waals surface area (Å²) >= 11 is 0. The second-order valence-corrected chi connectivity index (χ2v) is 9.89. The second kappa shape index (κ2) is 12.6. The van der Waals surface area contributed by atoms with Crippen LogP contribution in [0.15, 0.2) is 54.6 Å². The summed E-state index contributed by atoms with van der Waals surface area (Å²) < 4.78 is 25.3. The Hall–Kier alpha value is -3.34. The highest BCUT2D eigenvalue weighted by molar-refractivity contribution is 5.96. The molecule has 0 saturated heterocycles. The standard InChI is InChI=1S/C31H38FNO3/c1-7-8-23-9-10-27(36-19-25-17-26(35-6)11-12-29(25)32)18-28(23)31(34)33-30(13-20(2)3)24-15-21(4)14-22(5)16-24/h9-12,14-18,20,30H,7-8,13,19H2,1-6H3,(H,33,34). The number of ether oxygens (including phenoxy) is 2. The maximum absolute atomic E-state index is 14.2. The van der Waals surface area contributed by atoms with Gasteiger partial charge in [0.2, 0.25) is 0 Å². The van der Waals surface area contributed by atoms with Gasteiger partial charge in [-0.25, -0.2) is 4.39 Å². The van der Waals surface area contributed by atoms with Crippen LogP contribution in [0.4, 0.5) is 4.39 Å². The zero-order valence-electron chi connectivity index (χ0n) is 22.3. The molecule has 0 aliphatic carbocycles. The van der Waals surface area contributed by atoms with E-state index in [0.717, 1.165) is 30.4 Å². The van der Waals surface area contributed by atoms with Crippen LogP contribution in [-0.2, 0) is 13.0 Å². The van der Waals surface area contributed by atoms with Gasteiger partial charge in [0.15, 0.2) is 0 Å². The molecule has 192 valence electrons. The summed E-state index contributed by atoms with van der Waals surface area (Å²) in [5.41, 5.74) is 5.44. The van der Waals surface area contributed by atoms with Crippen LogP contribution >= 0.6 is 0 Å². The maximum atomic E-state index is 14.2. The van der Waals surface area contributed by atoms with Crippen LogP contribution < -0.4 is 14.8 Å². The summed E-state index contributed by atoms with van der Waals surface area (Å²) in [5.74, 6) is 1.02. The third kappa shape index (κ3) is 7.33. The van der Waals surface area contributed by atoms with E-state index in [1.807, 2.05) is 12.1 Å². The van der Waals surface area contributed by atoms with Gasteiger partial charge in [-0.05, 0) is 74.1 Å². The van der Waals surface area contributed by atoms with Crippen LogP contribution in [0.2, 0.25) is 0 Å². The van der Waals surface area contributed by atoms with E-state index in [4.69, 9.17) is 9.47 Å². The molecule has 3 aromatic rings. The van der Waals surface area contributed by atoms with Gasteiger partial charge in [0, 0.05) is 11.1 Å². The second-order valence-electron chi connectivity index (χ2n) is 9.89. The Morgan fingerprint density at radius 2 is 1.64 bits per heavy atom. The fourth-order valence-electron chi connectivity index (χ4n) is 4.49. The monoisotopic (exact) mass is 491 g/mol. The molecule has 0 radical (unpaired) electrons. The quantitative estimate of drug-likeness (QED) is 0.302. The van der Waals surface area contributed by atoms with Crippen molar-refractivity contribution in [2.75, 3.05) is 7.11 Å². The van der Waals surface area contributed by atoms with Gasteiger partial charge < -0.3 is 14.8 Å². The Kier molecular flexibility index (Phi) is 9.51. The summed E-state index contributed by atoms with van der Waals surface area (Å²) in [5, 5.41) is 3.29. The molecule has 1 amide bonds. The zero-order chi connectivity index (χ0) is 26.2. The molecule has 0 bridgehead atoms. The number of benzene rings is 3. The molecule has 1 N–H and O–H groups in total. The number of amides is 1. The van der Waals surface area contributed by atoms with E-state index >= 15 is 0 Å². The minimum Gasteiger partial charge on any atom is -0.497 e. The van der Waals surface area contributed by atoms with Gasteiger partial charge in [-0.3, -0.25) is 4.79 Å². The van der Waals surface area contributed by atoms with Crippen molar-refractivity contribution in [3.63, 3.8) is 0 Å². The summed E-state index contributed by atoms with van der Waals surface area (Å²) in [6.45, 7) is 10.6. The third-order valence-corrected chi connectivity index (χ3v) is 6.15. The Morgan fingerprint density at radius 3 is 2.28 bits per heavy atom. The van der Waals surface area contributed by atoms with Crippen molar-refractivity contribution < 1.29 is 18.7 Å². The number of hydrogen-bond donors (Lipinski definition) is 1. The molecule has 0 fully saturated rings. The molecule has 0 aromatic heterocycles. The van der Waals surface area contributed by atoms with Gasteiger partial charge in [-0.1, -0.05) is 62.6 Å². The highest BCUT2D eigenvalue weighted by atomic mass is 19.1. The number of hydrogen-bond acceptors (Lipinski definition) is 3. The van der Waals surface area contributed by atoms with Crippen molar-refractivity contribution >= 4 is 5.91 Å². The number of aryl methyl sites for hydroxylation is 3. The van der Waals surface area contributed by atoms with E-state index in [2.05, 4.69) is 58.1 Å². The number of carbonyl (C=O) groups excluding carboxylic acids is 1. The normalized spacial score (nSPS) is 11.9. The first-order chi connectivity index (χ1) is 17.2. The third-order valence-electron chi connectivity index (χ3n) is 6.15. The van der Waals surface area contributed by atoms with Crippen molar-refractivity contribution in [2.45, 2.75) is 66.5 Å². The van der Waals surface area contributed by atoms with Gasteiger partial charge in [-0.2, -0.15) is 0 Å². The highest BCUT2D eigenvalue weighted by Gasteiger charge is 2.20. The average Bonchev–Trinajstić information content (AvgIpc) is 2.83. The molecular weight excluding hydrogens is 453 g/mol. The molecule has 0 aliphatic heterocycles. The van der Waals surface area contributed by atoms with Crippen LogP contribution in [0.1, 0.15) is 77.8 Å². The van der Waals surface area contributed by atoms with E-state index in [9.17, 15) is 9.18 Å². The molecule has 0 saturated carbocycles. The van der Waals surface area contributed by atoms with E-state index in [1.54, 1.807) is 25.3 Å². The summed E-state index contributed by atoms with van der Waals surface area (Å²) in [6.07, 6.45) is 2.54. The molecule has 3 aromatic carbocycles. The van der Waals surface area contributed by atoms with E-state index in [1.165, 1.54) is 17.2 Å². The lowest BCUT2D eigenvalue weighted by molar-refractivity contribution is 0.0930. The lowest BCUT2D eigenvalue weighted by atomic mass is 9.93. The molecule has 5 heteroatoms. The average molecular weight is 492 g/mol. The number of nitrogens with one attached hydrogen (secondary N) is 1. The van der Waals surface area contributed by atoms with Crippen LogP contribution in [-0.4, -0.2) is 13.0 Å². The molecule has 36 heavy (non-hydrogen) atoms. The molecule has 1 atom stereocenters. The largest absolute Gasteiger partial charge is 0.497 e. The minimum atomic E-state index is -0.360. The van der Waals surface area contributed by atoms with Gasteiger partial charge in [-0.15, -0.1) is 0 Å². The van der Waals surface area contributed by atoms with Crippen molar-refractivity contribution in [1.29, 1.82) is 0 Å². The van der Waals surface area contributed by atoms with Gasteiger partial charge in [0.25, 0.3) is 5.91 Å².